The monoisotopic (exact) mass is 905 g/mol. The fourth-order valence-electron chi connectivity index (χ4n) is 6.30. The first-order chi connectivity index (χ1) is 30.5. The molecule has 2 atom stereocenters. The molecule has 0 unspecified atom stereocenters. The molecule has 0 aromatic heterocycles. The molecule has 0 aliphatic rings. The zero-order valence-corrected chi connectivity index (χ0v) is 37.6. The van der Waals surface area contributed by atoms with Crippen LogP contribution in [0.2, 0.25) is 0 Å². The van der Waals surface area contributed by atoms with Gasteiger partial charge in [-0.05, 0) is 38.5 Å². The quantitative estimate of drug-likeness (QED) is 0.0241. The number of nitrogens with one attached hydrogen (secondary N) is 5. The van der Waals surface area contributed by atoms with Gasteiger partial charge in [0.25, 0.3) is 0 Å². The summed E-state index contributed by atoms with van der Waals surface area (Å²) in [7, 11) is 0. The van der Waals surface area contributed by atoms with Gasteiger partial charge in [-0.25, -0.2) is 10.2 Å². The molecule has 0 aliphatic heterocycles. The molecule has 0 saturated heterocycles. The Morgan fingerprint density at radius 2 is 0.810 bits per heavy atom. The zero-order valence-electron chi connectivity index (χ0n) is 37.6. The van der Waals surface area contributed by atoms with Crippen LogP contribution in [-0.2, 0) is 52.5 Å². The molecule has 0 spiro atoms. The van der Waals surface area contributed by atoms with Gasteiger partial charge in [0, 0.05) is 38.9 Å². The van der Waals surface area contributed by atoms with Crippen LogP contribution in [0.3, 0.4) is 0 Å². The Hall–Kier alpha value is -3.95. The number of carboxylic acids is 3. The van der Waals surface area contributed by atoms with Crippen LogP contribution in [0.4, 0.5) is 0 Å². The molecule has 4 amide bonds. The van der Waals surface area contributed by atoms with Crippen LogP contribution in [-0.4, -0.2) is 141 Å². The number of nitrogens with two attached hydrogens (primary N) is 1. The minimum atomic E-state index is -1.19. The largest absolute Gasteiger partial charge is 0.481 e. The van der Waals surface area contributed by atoms with E-state index in [1.54, 1.807) is 0 Å². The molecule has 20 heteroatoms. The lowest BCUT2D eigenvalue weighted by Gasteiger charge is -2.14. The van der Waals surface area contributed by atoms with Gasteiger partial charge in [-0.1, -0.05) is 89.9 Å². The molecule has 10 N–H and O–H groups in total. The molecule has 0 aromatic carbocycles. The Bertz CT molecular complexity index is 1230. The second-order valence-electron chi connectivity index (χ2n) is 15.5. The van der Waals surface area contributed by atoms with E-state index in [1.165, 1.54) is 57.8 Å². The van der Waals surface area contributed by atoms with Crippen LogP contribution >= 0.6 is 0 Å². The second-order valence-corrected chi connectivity index (χ2v) is 15.5. The summed E-state index contributed by atoms with van der Waals surface area (Å²) < 4.78 is 21.3. The lowest BCUT2D eigenvalue weighted by Crippen LogP contribution is -2.41. The summed E-state index contributed by atoms with van der Waals surface area (Å²) in [4.78, 5) is 81.3. The molecule has 0 heterocycles. The molecule has 20 nitrogen and oxygen atoms in total. The highest BCUT2D eigenvalue weighted by molar-refractivity contribution is 5.84. The van der Waals surface area contributed by atoms with Crippen molar-refractivity contribution in [1.29, 1.82) is 0 Å². The van der Waals surface area contributed by atoms with Crippen LogP contribution in [0.15, 0.2) is 0 Å². The average molecular weight is 905 g/mol. The van der Waals surface area contributed by atoms with E-state index in [-0.39, 0.29) is 115 Å². The number of ether oxygens (including phenoxy) is 4. The average Bonchev–Trinajstić information content (AvgIpc) is 3.24. The van der Waals surface area contributed by atoms with Crippen molar-refractivity contribution >= 4 is 41.5 Å². The van der Waals surface area contributed by atoms with E-state index in [2.05, 4.69) is 26.7 Å². The number of amides is 4. The van der Waals surface area contributed by atoms with E-state index in [4.69, 9.17) is 35.0 Å². The molecule has 0 bridgehead atoms. The number of hydrogen-bond donors (Lipinski definition) is 9. The number of unbranched alkanes of at least 4 members (excludes halogenated alkanes) is 16. The first-order valence-corrected chi connectivity index (χ1v) is 23.0. The van der Waals surface area contributed by atoms with E-state index in [1.807, 2.05) is 0 Å². The molecule has 0 fully saturated rings. The van der Waals surface area contributed by atoms with Crippen molar-refractivity contribution in [3.05, 3.63) is 0 Å². The lowest BCUT2D eigenvalue weighted by atomic mass is 10.0. The predicted molar refractivity (Wildman–Crippen MR) is 234 cm³/mol. The number of hydrazine groups is 1. The third-order valence-corrected chi connectivity index (χ3v) is 9.93. The first-order valence-electron chi connectivity index (χ1n) is 23.0. The molecular formula is C43H80N6O14. The Balaban J connectivity index is 3.64. The zero-order chi connectivity index (χ0) is 46.6. The predicted octanol–water partition coefficient (Wildman–Crippen LogP) is 2.94. The lowest BCUT2D eigenvalue weighted by molar-refractivity contribution is -0.142. The second kappa shape index (κ2) is 43.3. The fraction of sp³-hybridized carbons (Fsp3) is 0.837. The van der Waals surface area contributed by atoms with Gasteiger partial charge in [-0.2, -0.15) is 0 Å². The van der Waals surface area contributed by atoms with Crippen LogP contribution in [0, 0.1) is 0 Å². The molecule has 0 saturated carbocycles. The van der Waals surface area contributed by atoms with Gasteiger partial charge >= 0.3 is 17.9 Å². The minimum Gasteiger partial charge on any atom is -0.481 e. The van der Waals surface area contributed by atoms with Gasteiger partial charge in [-0.3, -0.25) is 34.6 Å². The van der Waals surface area contributed by atoms with Crippen molar-refractivity contribution < 1.29 is 67.8 Å². The normalized spacial score (nSPS) is 12.0. The Morgan fingerprint density at radius 3 is 1.25 bits per heavy atom. The number of rotatable bonds is 47. The number of aliphatic carboxylic acids is 3. The van der Waals surface area contributed by atoms with Crippen molar-refractivity contribution in [2.24, 2.45) is 5.84 Å². The van der Waals surface area contributed by atoms with E-state index >= 15 is 0 Å². The Labute approximate surface area is 373 Å². The summed E-state index contributed by atoms with van der Waals surface area (Å²) in [5.74, 6) is 0.940. The van der Waals surface area contributed by atoms with E-state index in [9.17, 15) is 38.7 Å². The van der Waals surface area contributed by atoms with Crippen LogP contribution in [0.25, 0.3) is 0 Å². The fourth-order valence-corrected chi connectivity index (χ4v) is 6.30. The van der Waals surface area contributed by atoms with E-state index in [0.29, 0.717) is 32.2 Å². The van der Waals surface area contributed by atoms with Crippen molar-refractivity contribution in [3.8, 4) is 0 Å². The van der Waals surface area contributed by atoms with Crippen molar-refractivity contribution in [1.82, 2.24) is 26.7 Å². The smallest absolute Gasteiger partial charge is 0.326 e. The first kappa shape index (κ1) is 59.0. The summed E-state index contributed by atoms with van der Waals surface area (Å²) in [6, 6.07) is -1.96. The van der Waals surface area contributed by atoms with Gasteiger partial charge in [-0.15, -0.1) is 0 Å². The summed E-state index contributed by atoms with van der Waals surface area (Å²) in [6.07, 6.45) is 19.8. The third kappa shape index (κ3) is 41.8. The van der Waals surface area contributed by atoms with Crippen LogP contribution in [0.5, 0.6) is 0 Å². The number of carboxylic acid groups (broad SMARTS) is 3. The van der Waals surface area contributed by atoms with Gasteiger partial charge in [0.1, 0.15) is 25.3 Å². The number of hydrogen-bond acceptors (Lipinski definition) is 13. The highest BCUT2D eigenvalue weighted by Gasteiger charge is 2.21. The van der Waals surface area contributed by atoms with E-state index in [0.717, 1.165) is 38.5 Å². The summed E-state index contributed by atoms with van der Waals surface area (Å²) >= 11 is 0. The number of carbonyl (C=O) groups excluding carboxylic acids is 4. The number of carbonyl (C=O) groups is 7. The Morgan fingerprint density at radius 1 is 0.397 bits per heavy atom. The molecule has 0 rings (SSSR count). The van der Waals surface area contributed by atoms with Gasteiger partial charge < -0.3 is 55.5 Å². The van der Waals surface area contributed by atoms with E-state index < -0.39 is 30.0 Å². The molecule has 366 valence electrons. The maximum absolute atomic E-state index is 12.3. The van der Waals surface area contributed by atoms with Gasteiger partial charge in [0.2, 0.25) is 23.6 Å². The highest BCUT2D eigenvalue weighted by Crippen LogP contribution is 2.14. The summed E-state index contributed by atoms with van der Waals surface area (Å²) in [5, 5.41) is 37.6. The van der Waals surface area contributed by atoms with Gasteiger partial charge in [0.15, 0.2) is 0 Å². The van der Waals surface area contributed by atoms with Crippen molar-refractivity contribution in [2.45, 2.75) is 160 Å². The molecule has 63 heavy (non-hydrogen) atoms. The van der Waals surface area contributed by atoms with Crippen molar-refractivity contribution in [2.75, 3.05) is 72.5 Å². The summed E-state index contributed by atoms with van der Waals surface area (Å²) in [5.41, 5.74) is 2.22. The van der Waals surface area contributed by atoms with Crippen LogP contribution in [0.1, 0.15) is 148 Å². The maximum atomic E-state index is 12.3. The van der Waals surface area contributed by atoms with Crippen LogP contribution < -0.4 is 32.5 Å². The standard InChI is InChI=1S/C43H80N6O14/c44-49-36(43(58)59)19-17-18-24-45-39(52)33-62-31-30-61-28-26-47-40(53)34-63-32-29-60-27-25-46-37(50)23-22-35(42(56)57)48-38(51)20-15-13-11-9-7-5-3-1-2-4-6-8-10-12-14-16-21-41(54)55/h35-36,49H,1-34,44H2,(H,45,52)(H,46,50)(H,47,53)(H,48,51)(H,54,55)(H,56,57)(H,58,59)/t35-,36-/m0/s1. The van der Waals surface area contributed by atoms with Crippen molar-refractivity contribution in [3.63, 3.8) is 0 Å². The molecule has 0 radical (unpaired) electrons. The topological polar surface area (TPSA) is 303 Å². The maximum Gasteiger partial charge on any atom is 0.326 e. The third-order valence-electron chi connectivity index (χ3n) is 9.93. The molecule has 0 aromatic rings. The van der Waals surface area contributed by atoms with Gasteiger partial charge in [0.05, 0.1) is 39.6 Å². The minimum absolute atomic E-state index is 0.0295. The molecule has 0 aliphatic carbocycles. The highest BCUT2D eigenvalue weighted by atomic mass is 16.5. The SMILES string of the molecule is NN[C@@H](CCCCNC(=O)COCCOCCNC(=O)COCCOCCNC(=O)CC[C@H](NC(=O)CCCCCCCCCCCCCCCCCCC(=O)O)C(=O)O)C(=O)O. The summed E-state index contributed by atoms with van der Waals surface area (Å²) in [6.45, 7) is 1.75. The Kier molecular flexibility index (Phi) is 40.6. The molecular weight excluding hydrogens is 825 g/mol.